The lowest BCUT2D eigenvalue weighted by molar-refractivity contribution is -0.130. The molecular formula is C20H23Cl2N3O. The molecule has 3 rings (SSSR count). The Morgan fingerprint density at radius 2 is 1.73 bits per heavy atom. The van der Waals surface area contributed by atoms with Crippen molar-refractivity contribution in [1.29, 1.82) is 0 Å². The van der Waals surface area contributed by atoms with Crippen LogP contribution in [-0.2, 0) is 11.2 Å². The molecule has 1 fully saturated rings. The average Bonchev–Trinajstić information content (AvgIpc) is 2.67. The van der Waals surface area contributed by atoms with Gasteiger partial charge in [-0.25, -0.2) is 0 Å². The van der Waals surface area contributed by atoms with E-state index in [0.29, 0.717) is 23.1 Å². The first-order valence-electron chi connectivity index (χ1n) is 8.86. The van der Waals surface area contributed by atoms with Gasteiger partial charge in [0.2, 0.25) is 5.91 Å². The molecule has 0 spiro atoms. The minimum atomic E-state index is 0.153. The minimum Gasteiger partial charge on any atom is -0.368 e. The molecule has 1 N–H and O–H groups in total. The van der Waals surface area contributed by atoms with Crippen molar-refractivity contribution < 1.29 is 4.79 Å². The zero-order chi connectivity index (χ0) is 18.4. The molecule has 0 saturated carbocycles. The molecular weight excluding hydrogens is 369 g/mol. The summed E-state index contributed by atoms with van der Waals surface area (Å²) < 4.78 is 0. The van der Waals surface area contributed by atoms with Crippen molar-refractivity contribution in [1.82, 2.24) is 10.2 Å². The maximum Gasteiger partial charge on any atom is 0.236 e. The zero-order valence-electron chi connectivity index (χ0n) is 14.6. The first-order valence-corrected chi connectivity index (χ1v) is 9.61. The Bertz CT molecular complexity index is 731. The summed E-state index contributed by atoms with van der Waals surface area (Å²) in [6, 6.07) is 15.8. The van der Waals surface area contributed by atoms with E-state index >= 15 is 0 Å². The smallest absolute Gasteiger partial charge is 0.236 e. The normalized spacial score (nSPS) is 14.5. The minimum absolute atomic E-state index is 0.153. The Balaban J connectivity index is 1.38. The van der Waals surface area contributed by atoms with Crippen molar-refractivity contribution in [2.24, 2.45) is 0 Å². The molecule has 2 aromatic carbocycles. The van der Waals surface area contributed by atoms with Crippen LogP contribution in [0.1, 0.15) is 5.56 Å². The van der Waals surface area contributed by atoms with Crippen molar-refractivity contribution in [3.05, 3.63) is 64.1 Å². The largest absolute Gasteiger partial charge is 0.368 e. The number of halogens is 2. The summed E-state index contributed by atoms with van der Waals surface area (Å²) in [7, 11) is 0. The fourth-order valence-electron chi connectivity index (χ4n) is 3.11. The fraction of sp³-hybridized carbons (Fsp3) is 0.350. The molecule has 0 aliphatic carbocycles. The van der Waals surface area contributed by atoms with E-state index < -0.39 is 0 Å². The van der Waals surface area contributed by atoms with E-state index in [2.05, 4.69) is 22.3 Å². The highest BCUT2D eigenvalue weighted by atomic mass is 35.5. The molecule has 4 nitrogen and oxygen atoms in total. The maximum atomic E-state index is 12.4. The van der Waals surface area contributed by atoms with Crippen molar-refractivity contribution in [3.63, 3.8) is 0 Å². The number of piperazine rings is 1. The average molecular weight is 392 g/mol. The van der Waals surface area contributed by atoms with Crippen LogP contribution in [-0.4, -0.2) is 50.1 Å². The van der Waals surface area contributed by atoms with Gasteiger partial charge in [0.25, 0.3) is 0 Å². The van der Waals surface area contributed by atoms with Gasteiger partial charge in [-0.15, -0.1) is 0 Å². The van der Waals surface area contributed by atoms with Crippen LogP contribution in [0, 0.1) is 0 Å². The number of carbonyl (C=O) groups excluding carboxylic acids is 1. The number of anilines is 1. The first-order chi connectivity index (χ1) is 12.6. The Morgan fingerprint density at radius 1 is 1.00 bits per heavy atom. The molecule has 2 aromatic rings. The highest BCUT2D eigenvalue weighted by Crippen LogP contribution is 2.21. The Hall–Kier alpha value is -1.75. The second kappa shape index (κ2) is 9.26. The lowest BCUT2D eigenvalue weighted by Crippen LogP contribution is -2.51. The molecule has 0 radical (unpaired) electrons. The lowest BCUT2D eigenvalue weighted by atomic mass is 10.1. The molecule has 1 saturated heterocycles. The van der Waals surface area contributed by atoms with E-state index in [0.717, 1.165) is 38.2 Å². The number of nitrogens with zero attached hydrogens (tertiary/aromatic N) is 2. The molecule has 0 unspecified atom stereocenters. The van der Waals surface area contributed by atoms with Gasteiger partial charge in [-0.1, -0.05) is 47.5 Å². The van der Waals surface area contributed by atoms with Crippen LogP contribution in [0.4, 0.5) is 5.69 Å². The van der Waals surface area contributed by atoms with Gasteiger partial charge in [-0.3, -0.25) is 4.79 Å². The lowest BCUT2D eigenvalue weighted by Gasteiger charge is -2.36. The molecule has 0 atom stereocenters. The summed E-state index contributed by atoms with van der Waals surface area (Å²) >= 11 is 12.1. The van der Waals surface area contributed by atoms with E-state index in [9.17, 15) is 4.79 Å². The van der Waals surface area contributed by atoms with Gasteiger partial charge in [0.15, 0.2) is 0 Å². The summed E-state index contributed by atoms with van der Waals surface area (Å²) in [4.78, 5) is 16.6. The maximum absolute atomic E-state index is 12.4. The summed E-state index contributed by atoms with van der Waals surface area (Å²) in [5.41, 5.74) is 2.25. The van der Waals surface area contributed by atoms with Crippen molar-refractivity contribution in [2.45, 2.75) is 6.42 Å². The molecule has 0 bridgehead atoms. The summed E-state index contributed by atoms with van der Waals surface area (Å²) in [6.07, 6.45) is 0.769. The Kier molecular flexibility index (Phi) is 6.78. The number of para-hydroxylation sites is 1. The van der Waals surface area contributed by atoms with Crippen molar-refractivity contribution >= 4 is 34.8 Å². The topological polar surface area (TPSA) is 35.6 Å². The highest BCUT2D eigenvalue weighted by Gasteiger charge is 2.20. The van der Waals surface area contributed by atoms with E-state index in [1.807, 2.05) is 35.2 Å². The van der Waals surface area contributed by atoms with E-state index in [-0.39, 0.29) is 5.91 Å². The van der Waals surface area contributed by atoms with Gasteiger partial charge in [-0.2, -0.15) is 0 Å². The third-order valence-corrected chi connectivity index (χ3v) is 5.20. The van der Waals surface area contributed by atoms with Crippen LogP contribution in [0.25, 0.3) is 0 Å². The van der Waals surface area contributed by atoms with Crippen LogP contribution < -0.4 is 10.2 Å². The molecule has 1 heterocycles. The standard InChI is InChI=1S/C20H23Cl2N3O/c21-17-7-6-16(19(22)14-17)8-9-23-15-20(26)25-12-10-24(11-13-25)18-4-2-1-3-5-18/h1-7,14,23H,8-13,15H2. The second-order valence-corrected chi connectivity index (χ2v) is 7.21. The number of nitrogens with one attached hydrogen (secondary N) is 1. The number of rotatable bonds is 6. The number of hydrogen-bond acceptors (Lipinski definition) is 3. The summed E-state index contributed by atoms with van der Waals surface area (Å²) in [6.45, 7) is 4.33. The van der Waals surface area contributed by atoms with Crippen molar-refractivity contribution in [3.8, 4) is 0 Å². The van der Waals surface area contributed by atoms with Crippen LogP contribution >= 0.6 is 23.2 Å². The summed E-state index contributed by atoms with van der Waals surface area (Å²) in [5.74, 6) is 0.153. The van der Waals surface area contributed by atoms with Crippen LogP contribution in [0.15, 0.2) is 48.5 Å². The molecule has 1 aliphatic heterocycles. The predicted octanol–water partition coefficient (Wildman–Crippen LogP) is 3.47. The monoisotopic (exact) mass is 391 g/mol. The van der Waals surface area contributed by atoms with Gasteiger partial charge in [-0.05, 0) is 42.8 Å². The van der Waals surface area contributed by atoms with Gasteiger partial charge >= 0.3 is 0 Å². The number of amides is 1. The molecule has 1 aliphatic rings. The van der Waals surface area contributed by atoms with Crippen LogP contribution in [0.5, 0.6) is 0 Å². The van der Waals surface area contributed by atoms with Gasteiger partial charge in [0.1, 0.15) is 0 Å². The molecule has 26 heavy (non-hydrogen) atoms. The van der Waals surface area contributed by atoms with Gasteiger partial charge < -0.3 is 15.1 Å². The SMILES string of the molecule is O=C(CNCCc1ccc(Cl)cc1Cl)N1CCN(c2ccccc2)CC1. The number of carbonyl (C=O) groups is 1. The van der Waals surface area contributed by atoms with Gasteiger partial charge in [0, 0.05) is 41.9 Å². The van der Waals surface area contributed by atoms with Gasteiger partial charge in [0.05, 0.1) is 6.54 Å². The zero-order valence-corrected chi connectivity index (χ0v) is 16.1. The third kappa shape index (κ3) is 5.13. The molecule has 138 valence electrons. The van der Waals surface area contributed by atoms with Crippen LogP contribution in [0.3, 0.4) is 0 Å². The van der Waals surface area contributed by atoms with Crippen LogP contribution in [0.2, 0.25) is 10.0 Å². The summed E-state index contributed by atoms with van der Waals surface area (Å²) in [5, 5.41) is 4.52. The van der Waals surface area contributed by atoms with E-state index in [4.69, 9.17) is 23.2 Å². The number of hydrogen-bond donors (Lipinski definition) is 1. The quantitative estimate of drug-likeness (QED) is 0.765. The van der Waals surface area contributed by atoms with Crippen molar-refractivity contribution in [2.75, 3.05) is 44.2 Å². The molecule has 1 amide bonds. The first kappa shape index (κ1) is 19.0. The third-order valence-electron chi connectivity index (χ3n) is 4.62. The molecule has 0 aromatic heterocycles. The Morgan fingerprint density at radius 3 is 2.42 bits per heavy atom. The van der Waals surface area contributed by atoms with E-state index in [1.54, 1.807) is 6.07 Å². The number of benzene rings is 2. The fourth-order valence-corrected chi connectivity index (χ4v) is 3.61. The second-order valence-electron chi connectivity index (χ2n) is 6.37. The predicted molar refractivity (Wildman–Crippen MR) is 108 cm³/mol. The van der Waals surface area contributed by atoms with E-state index in [1.165, 1.54) is 5.69 Å². The Labute approximate surface area is 164 Å². The molecule has 6 heteroatoms. The highest BCUT2D eigenvalue weighted by molar-refractivity contribution is 6.35.